The molecule has 1 aliphatic carbocycles. The molecule has 1 saturated carbocycles. The van der Waals surface area contributed by atoms with E-state index < -0.39 is 0 Å². The first-order valence-corrected chi connectivity index (χ1v) is 12.2. The highest BCUT2D eigenvalue weighted by atomic mass is 19.1. The predicted octanol–water partition coefficient (Wildman–Crippen LogP) is 8.74. The molecule has 0 nitrogen and oxygen atoms in total. The molecule has 1 aliphatic rings. The number of aryl methyl sites for hydroxylation is 1. The van der Waals surface area contributed by atoms with Gasteiger partial charge in [-0.3, -0.25) is 0 Å². The first-order valence-electron chi connectivity index (χ1n) is 12.2. The van der Waals surface area contributed by atoms with Crippen molar-refractivity contribution in [2.75, 3.05) is 0 Å². The van der Waals surface area contributed by atoms with Gasteiger partial charge in [-0.1, -0.05) is 60.4 Å². The van der Waals surface area contributed by atoms with E-state index in [1.54, 1.807) is 0 Å². The molecule has 0 unspecified atom stereocenters. The van der Waals surface area contributed by atoms with E-state index in [1.807, 2.05) is 42.5 Å². The minimum absolute atomic E-state index is 0.220. The molecule has 0 aromatic heterocycles. The van der Waals surface area contributed by atoms with Crippen LogP contribution in [0.25, 0.3) is 10.8 Å². The molecule has 1 heteroatoms. The van der Waals surface area contributed by atoms with Crippen LogP contribution in [0, 0.1) is 23.6 Å². The summed E-state index contributed by atoms with van der Waals surface area (Å²) in [5.41, 5.74) is 3.96. The number of hydrogen-bond acceptors (Lipinski definition) is 0. The van der Waals surface area contributed by atoms with Crippen LogP contribution in [0.5, 0.6) is 0 Å². The van der Waals surface area contributed by atoms with E-state index in [1.165, 1.54) is 43.2 Å². The lowest BCUT2D eigenvalue weighted by Crippen LogP contribution is -2.13. The molecule has 0 radical (unpaired) electrons. The molecular formula is C32H33F. The van der Waals surface area contributed by atoms with Crippen molar-refractivity contribution in [2.45, 2.75) is 57.3 Å². The summed E-state index contributed by atoms with van der Waals surface area (Å²) < 4.78 is 15.2. The molecule has 1 fully saturated rings. The number of hydrogen-bond donors (Lipinski definition) is 0. The summed E-state index contributed by atoms with van der Waals surface area (Å²) in [6, 6.07) is 18.3. The van der Waals surface area contributed by atoms with Gasteiger partial charge in [0.2, 0.25) is 0 Å². The third-order valence-electron chi connectivity index (χ3n) is 7.01. The molecule has 0 N–H and O–H groups in total. The zero-order chi connectivity index (χ0) is 23.0. The van der Waals surface area contributed by atoms with Gasteiger partial charge in [-0.15, -0.1) is 13.2 Å². The number of allylic oxidation sites excluding steroid dienone is 2. The van der Waals surface area contributed by atoms with Crippen LogP contribution in [-0.2, 0) is 6.42 Å². The normalized spacial score (nSPS) is 17.8. The summed E-state index contributed by atoms with van der Waals surface area (Å²) in [6.07, 6.45) is 13.3. The minimum Gasteiger partial charge on any atom is -0.205 e. The first-order chi connectivity index (χ1) is 16.2. The second-order valence-corrected chi connectivity index (χ2v) is 9.27. The molecule has 168 valence electrons. The predicted molar refractivity (Wildman–Crippen MR) is 139 cm³/mol. The third kappa shape index (κ3) is 5.82. The van der Waals surface area contributed by atoms with E-state index >= 15 is 4.39 Å². The van der Waals surface area contributed by atoms with Gasteiger partial charge in [0, 0.05) is 10.9 Å². The minimum atomic E-state index is -0.220. The van der Waals surface area contributed by atoms with Gasteiger partial charge in [-0.05, 0) is 97.9 Å². The van der Waals surface area contributed by atoms with Crippen LogP contribution < -0.4 is 0 Å². The van der Waals surface area contributed by atoms with Crippen molar-refractivity contribution in [3.63, 3.8) is 0 Å². The van der Waals surface area contributed by atoms with E-state index in [0.717, 1.165) is 36.1 Å². The van der Waals surface area contributed by atoms with E-state index in [0.29, 0.717) is 16.9 Å². The second kappa shape index (κ2) is 11.2. The standard InChI is InChI=1S/C32H33F/c1-3-5-7-24-9-11-26(12-10-24)15-18-28-19-20-30-23-29(21-22-31(30)32(28)33)27-16-13-25(14-17-27)8-6-4-2/h3-4,9-12,19-23,25,27H,1-2,5-8,13-14,16-17H2. The molecule has 3 aromatic carbocycles. The zero-order valence-corrected chi connectivity index (χ0v) is 19.5. The van der Waals surface area contributed by atoms with Gasteiger partial charge >= 0.3 is 0 Å². The monoisotopic (exact) mass is 436 g/mol. The third-order valence-corrected chi connectivity index (χ3v) is 7.01. The molecule has 0 spiro atoms. The summed E-state index contributed by atoms with van der Waals surface area (Å²) in [5, 5.41) is 1.63. The lowest BCUT2D eigenvalue weighted by Gasteiger charge is -2.28. The van der Waals surface area contributed by atoms with Gasteiger partial charge in [0.05, 0.1) is 5.56 Å². The van der Waals surface area contributed by atoms with Crippen molar-refractivity contribution >= 4 is 10.8 Å². The van der Waals surface area contributed by atoms with Crippen LogP contribution in [0.2, 0.25) is 0 Å². The number of fused-ring (bicyclic) bond motifs is 1. The highest BCUT2D eigenvalue weighted by molar-refractivity contribution is 5.85. The fraction of sp³-hybridized carbons (Fsp3) is 0.312. The van der Waals surface area contributed by atoms with Crippen LogP contribution in [0.15, 0.2) is 79.9 Å². The largest absolute Gasteiger partial charge is 0.205 e. The van der Waals surface area contributed by atoms with Crippen molar-refractivity contribution in [3.8, 4) is 11.8 Å². The van der Waals surface area contributed by atoms with E-state index in [9.17, 15) is 0 Å². The first kappa shape index (κ1) is 23.1. The maximum atomic E-state index is 15.2. The second-order valence-electron chi connectivity index (χ2n) is 9.27. The van der Waals surface area contributed by atoms with Crippen LogP contribution in [0.4, 0.5) is 4.39 Å². The van der Waals surface area contributed by atoms with Crippen molar-refractivity contribution in [2.24, 2.45) is 5.92 Å². The molecule has 0 amide bonds. The Labute approximate surface area is 198 Å². The molecule has 0 saturated heterocycles. The van der Waals surface area contributed by atoms with E-state index in [2.05, 4.69) is 49.3 Å². The number of halogens is 1. The van der Waals surface area contributed by atoms with Crippen molar-refractivity contribution in [1.29, 1.82) is 0 Å². The van der Waals surface area contributed by atoms with Gasteiger partial charge in [0.15, 0.2) is 0 Å². The lowest BCUT2D eigenvalue weighted by molar-refractivity contribution is 0.312. The molecular weight excluding hydrogens is 403 g/mol. The SMILES string of the molecule is C=CCCc1ccc(C#Cc2ccc3cc(C4CCC(CCC=C)CC4)ccc3c2F)cc1. The van der Waals surface area contributed by atoms with Gasteiger partial charge in [0.1, 0.15) is 5.82 Å². The summed E-state index contributed by atoms with van der Waals surface area (Å²) in [6.45, 7) is 7.61. The quantitative estimate of drug-likeness (QED) is 0.256. The van der Waals surface area contributed by atoms with Crippen molar-refractivity contribution < 1.29 is 4.39 Å². The van der Waals surface area contributed by atoms with E-state index in [4.69, 9.17) is 0 Å². The Kier molecular flexibility index (Phi) is 7.79. The van der Waals surface area contributed by atoms with Crippen molar-refractivity contribution in [3.05, 3.63) is 108 Å². The van der Waals surface area contributed by atoms with E-state index in [-0.39, 0.29) is 5.82 Å². The van der Waals surface area contributed by atoms with Crippen LogP contribution in [0.3, 0.4) is 0 Å². The Balaban J connectivity index is 1.47. The van der Waals surface area contributed by atoms with Crippen LogP contribution in [0.1, 0.15) is 73.1 Å². The Hall–Kier alpha value is -3.11. The fourth-order valence-electron chi connectivity index (χ4n) is 4.96. The Morgan fingerprint density at radius 3 is 2.33 bits per heavy atom. The van der Waals surface area contributed by atoms with Gasteiger partial charge in [0.25, 0.3) is 0 Å². The Morgan fingerprint density at radius 1 is 0.848 bits per heavy atom. The average molecular weight is 437 g/mol. The average Bonchev–Trinajstić information content (AvgIpc) is 2.86. The van der Waals surface area contributed by atoms with Crippen molar-refractivity contribution in [1.82, 2.24) is 0 Å². The summed E-state index contributed by atoms with van der Waals surface area (Å²) >= 11 is 0. The molecule has 33 heavy (non-hydrogen) atoms. The summed E-state index contributed by atoms with van der Waals surface area (Å²) in [7, 11) is 0. The number of rotatable bonds is 7. The Morgan fingerprint density at radius 2 is 1.61 bits per heavy atom. The number of benzene rings is 3. The highest BCUT2D eigenvalue weighted by Gasteiger charge is 2.22. The van der Waals surface area contributed by atoms with Gasteiger partial charge in [-0.2, -0.15) is 0 Å². The molecule has 4 rings (SSSR count). The maximum Gasteiger partial charge on any atom is 0.146 e. The van der Waals surface area contributed by atoms with Crippen LogP contribution >= 0.6 is 0 Å². The molecule has 0 heterocycles. The Bertz CT molecular complexity index is 1160. The fourth-order valence-corrected chi connectivity index (χ4v) is 4.96. The molecule has 0 aliphatic heterocycles. The van der Waals surface area contributed by atoms with Gasteiger partial charge < -0.3 is 0 Å². The summed E-state index contributed by atoms with van der Waals surface area (Å²) in [5.74, 6) is 7.35. The lowest BCUT2D eigenvalue weighted by atomic mass is 9.77. The zero-order valence-electron chi connectivity index (χ0n) is 19.5. The van der Waals surface area contributed by atoms with Gasteiger partial charge in [-0.25, -0.2) is 4.39 Å². The van der Waals surface area contributed by atoms with Crippen LogP contribution in [-0.4, -0.2) is 0 Å². The topological polar surface area (TPSA) is 0 Å². The highest BCUT2D eigenvalue weighted by Crippen LogP contribution is 2.38. The summed E-state index contributed by atoms with van der Waals surface area (Å²) in [4.78, 5) is 0. The molecule has 0 atom stereocenters. The molecule has 3 aromatic rings. The smallest absolute Gasteiger partial charge is 0.146 e. The molecule has 0 bridgehead atoms. The maximum absolute atomic E-state index is 15.2.